The van der Waals surface area contributed by atoms with Crippen molar-refractivity contribution in [3.05, 3.63) is 82.7 Å². The first-order valence-electron chi connectivity index (χ1n) is 15.6. The van der Waals surface area contributed by atoms with Crippen LogP contribution >= 0.6 is 0 Å². The number of carbonyl (C=O) groups excluding carboxylic acids is 1. The minimum atomic E-state index is -0.958. The van der Waals surface area contributed by atoms with E-state index in [9.17, 15) is 19.8 Å². The van der Waals surface area contributed by atoms with Crippen molar-refractivity contribution < 1.29 is 24.5 Å². The maximum Gasteiger partial charge on any atom is 0.335 e. The topological polar surface area (TPSA) is 105 Å². The van der Waals surface area contributed by atoms with Gasteiger partial charge in [-0.2, -0.15) is 0 Å². The zero-order valence-corrected chi connectivity index (χ0v) is 25.0. The lowest BCUT2D eigenvalue weighted by atomic mass is 9.81. The number of carboxylic acids is 1. The molecule has 2 N–H and O–H groups in total. The van der Waals surface area contributed by atoms with Crippen LogP contribution in [-0.4, -0.2) is 62.8 Å². The van der Waals surface area contributed by atoms with Crippen molar-refractivity contribution >= 4 is 34.4 Å². The molecule has 0 spiro atoms. The SMILES string of the molecule is COc1ccc2c(c1)C=C(c1ncccc1C(=O)N1CCC(O)CC1)Cn1c-2c(C2CCCCC2)c2ccc(C(=O)O)cc21. The fourth-order valence-corrected chi connectivity index (χ4v) is 7.39. The molecule has 1 saturated carbocycles. The van der Waals surface area contributed by atoms with Gasteiger partial charge in [0.15, 0.2) is 0 Å². The molecule has 8 nitrogen and oxygen atoms in total. The number of amides is 1. The summed E-state index contributed by atoms with van der Waals surface area (Å²) < 4.78 is 7.90. The van der Waals surface area contributed by atoms with Crippen molar-refractivity contribution in [3.63, 3.8) is 0 Å². The van der Waals surface area contributed by atoms with Crippen LogP contribution in [0.1, 0.15) is 88.4 Å². The molecule has 3 aliphatic rings. The van der Waals surface area contributed by atoms with E-state index in [1.54, 1.807) is 36.4 Å². The number of methoxy groups -OCH3 is 1. The highest BCUT2D eigenvalue weighted by Crippen LogP contribution is 2.47. The van der Waals surface area contributed by atoms with Crippen LogP contribution in [0.15, 0.2) is 54.7 Å². The number of hydrogen-bond acceptors (Lipinski definition) is 5. The second kappa shape index (κ2) is 11.6. The molecule has 0 bridgehead atoms. The predicted octanol–water partition coefficient (Wildman–Crippen LogP) is 6.61. The fourth-order valence-electron chi connectivity index (χ4n) is 7.39. The van der Waals surface area contributed by atoms with Crippen LogP contribution < -0.4 is 4.74 Å². The zero-order chi connectivity index (χ0) is 30.4. The van der Waals surface area contributed by atoms with Crippen molar-refractivity contribution in [2.75, 3.05) is 20.2 Å². The molecule has 2 aliphatic heterocycles. The minimum absolute atomic E-state index is 0.0929. The van der Waals surface area contributed by atoms with Gasteiger partial charge in [-0.05, 0) is 96.8 Å². The molecule has 4 heterocycles. The number of allylic oxidation sites excluding steroid dienone is 1. The second-order valence-corrected chi connectivity index (χ2v) is 12.3. The Morgan fingerprint density at radius 1 is 0.977 bits per heavy atom. The first-order chi connectivity index (χ1) is 21.4. The molecule has 226 valence electrons. The molecule has 0 radical (unpaired) electrons. The van der Waals surface area contributed by atoms with Crippen molar-refractivity contribution in [1.82, 2.24) is 14.5 Å². The number of piperidine rings is 1. The van der Waals surface area contributed by atoms with Crippen molar-refractivity contribution in [2.24, 2.45) is 0 Å². The molecular weight excluding hydrogens is 554 g/mol. The van der Waals surface area contributed by atoms with E-state index >= 15 is 0 Å². The van der Waals surface area contributed by atoms with Gasteiger partial charge in [0, 0.05) is 35.8 Å². The molecule has 4 aromatic rings. The average Bonchev–Trinajstić information content (AvgIpc) is 3.27. The van der Waals surface area contributed by atoms with Crippen LogP contribution in [0.2, 0.25) is 0 Å². The number of ether oxygens (including phenoxy) is 1. The summed E-state index contributed by atoms with van der Waals surface area (Å²) in [5, 5.41) is 21.1. The Bertz CT molecular complexity index is 1790. The minimum Gasteiger partial charge on any atom is -0.497 e. The number of likely N-dealkylation sites (tertiary alicyclic amines) is 1. The van der Waals surface area contributed by atoms with Crippen LogP contribution in [0.3, 0.4) is 0 Å². The number of aliphatic hydroxyl groups is 1. The van der Waals surface area contributed by atoms with Crippen molar-refractivity contribution in [1.29, 1.82) is 0 Å². The van der Waals surface area contributed by atoms with E-state index < -0.39 is 5.97 Å². The maximum atomic E-state index is 13.9. The third-order valence-corrected chi connectivity index (χ3v) is 9.63. The molecule has 44 heavy (non-hydrogen) atoms. The lowest BCUT2D eigenvalue weighted by molar-refractivity contribution is 0.0545. The Hall–Kier alpha value is -4.43. The lowest BCUT2D eigenvalue weighted by Gasteiger charge is -2.30. The Kier molecular flexibility index (Phi) is 7.46. The van der Waals surface area contributed by atoms with Gasteiger partial charge in [0.25, 0.3) is 5.91 Å². The molecule has 1 amide bonds. The highest BCUT2D eigenvalue weighted by Gasteiger charge is 2.31. The van der Waals surface area contributed by atoms with E-state index in [4.69, 9.17) is 9.72 Å². The number of benzene rings is 2. The van der Waals surface area contributed by atoms with Crippen LogP contribution in [0, 0.1) is 0 Å². The number of carboxylic acid groups (broad SMARTS) is 1. The number of pyridine rings is 1. The Morgan fingerprint density at radius 2 is 1.77 bits per heavy atom. The number of aromatic nitrogens is 2. The van der Waals surface area contributed by atoms with E-state index in [1.165, 1.54) is 24.8 Å². The van der Waals surface area contributed by atoms with Gasteiger partial charge in [0.05, 0.1) is 42.3 Å². The molecule has 1 saturated heterocycles. The number of nitrogens with zero attached hydrogens (tertiary/aromatic N) is 3. The molecule has 7 rings (SSSR count). The Balaban J connectivity index is 1.45. The third-order valence-electron chi connectivity index (χ3n) is 9.63. The van der Waals surface area contributed by atoms with E-state index in [-0.39, 0.29) is 17.6 Å². The van der Waals surface area contributed by atoms with E-state index in [2.05, 4.69) is 16.7 Å². The summed E-state index contributed by atoms with van der Waals surface area (Å²) in [5.74, 6) is 0.0571. The average molecular weight is 592 g/mol. The van der Waals surface area contributed by atoms with Gasteiger partial charge in [-0.25, -0.2) is 4.79 Å². The summed E-state index contributed by atoms with van der Waals surface area (Å²) in [6, 6.07) is 15.2. The molecule has 2 fully saturated rings. The number of fused-ring (bicyclic) bond motifs is 5. The zero-order valence-electron chi connectivity index (χ0n) is 25.0. The highest BCUT2D eigenvalue weighted by molar-refractivity contribution is 6.04. The normalized spacial score (nSPS) is 17.5. The maximum absolute atomic E-state index is 13.9. The van der Waals surface area contributed by atoms with Gasteiger partial charge >= 0.3 is 5.97 Å². The number of hydrogen-bond donors (Lipinski definition) is 2. The number of carbonyl (C=O) groups is 2. The summed E-state index contributed by atoms with van der Waals surface area (Å²) in [6.45, 7) is 1.43. The largest absolute Gasteiger partial charge is 0.497 e. The number of aromatic carboxylic acids is 1. The van der Waals surface area contributed by atoms with Gasteiger partial charge in [-0.1, -0.05) is 25.3 Å². The van der Waals surface area contributed by atoms with Crippen LogP contribution in [0.25, 0.3) is 33.8 Å². The summed E-state index contributed by atoms with van der Waals surface area (Å²) in [6.07, 6.45) is 10.4. The molecular formula is C36H37N3O5. The molecule has 2 aromatic carbocycles. The van der Waals surface area contributed by atoms with Crippen LogP contribution in [-0.2, 0) is 6.54 Å². The molecule has 0 unspecified atom stereocenters. The first kappa shape index (κ1) is 28.3. The summed E-state index contributed by atoms with van der Waals surface area (Å²) in [4.78, 5) is 32.6. The molecule has 8 heteroatoms. The Morgan fingerprint density at radius 3 is 2.52 bits per heavy atom. The molecule has 1 aliphatic carbocycles. The van der Waals surface area contributed by atoms with Crippen LogP contribution in [0.5, 0.6) is 5.75 Å². The lowest BCUT2D eigenvalue weighted by Crippen LogP contribution is -2.40. The summed E-state index contributed by atoms with van der Waals surface area (Å²) >= 11 is 0. The van der Waals surface area contributed by atoms with Gasteiger partial charge in [-0.15, -0.1) is 0 Å². The standard InChI is InChI=1S/C36H37N3O5/c1-44-27-10-12-28-24(19-27)18-25(33-30(8-5-15-37-33)35(41)38-16-13-26(40)14-17-38)21-39-31-20-23(36(42)43)9-11-29(31)32(34(28)39)22-6-3-2-4-7-22/h5,8-12,15,18-20,22,26,40H,2-4,6-7,13-14,16-17,21H2,1H3,(H,42,43). The van der Waals surface area contributed by atoms with E-state index in [0.717, 1.165) is 51.9 Å². The molecule has 2 aromatic heterocycles. The predicted molar refractivity (Wildman–Crippen MR) is 170 cm³/mol. The Labute approximate surface area is 256 Å². The highest BCUT2D eigenvalue weighted by atomic mass is 16.5. The smallest absolute Gasteiger partial charge is 0.335 e. The van der Waals surface area contributed by atoms with Gasteiger partial charge in [-0.3, -0.25) is 9.78 Å². The summed E-state index contributed by atoms with van der Waals surface area (Å²) in [7, 11) is 1.66. The van der Waals surface area contributed by atoms with Crippen LogP contribution in [0.4, 0.5) is 0 Å². The number of rotatable bonds is 5. The first-order valence-corrected chi connectivity index (χ1v) is 15.6. The monoisotopic (exact) mass is 591 g/mol. The van der Waals surface area contributed by atoms with Gasteiger partial charge in [0.1, 0.15) is 5.75 Å². The third kappa shape index (κ3) is 4.97. The second-order valence-electron chi connectivity index (χ2n) is 12.3. The van der Waals surface area contributed by atoms with Gasteiger partial charge < -0.3 is 24.4 Å². The van der Waals surface area contributed by atoms with E-state index in [0.29, 0.717) is 49.7 Å². The van der Waals surface area contributed by atoms with Crippen molar-refractivity contribution in [2.45, 2.75) is 63.5 Å². The molecule has 0 atom stereocenters. The van der Waals surface area contributed by atoms with Crippen molar-refractivity contribution in [3.8, 4) is 17.0 Å². The van der Waals surface area contributed by atoms with E-state index in [1.807, 2.05) is 24.3 Å². The quantitative estimate of drug-likeness (QED) is 0.271. The van der Waals surface area contributed by atoms with Gasteiger partial charge in [0.2, 0.25) is 0 Å². The summed E-state index contributed by atoms with van der Waals surface area (Å²) in [5.41, 5.74) is 7.55. The number of aliphatic hydroxyl groups excluding tert-OH is 1. The fraction of sp³-hybridized carbons (Fsp3) is 0.361.